The Labute approximate surface area is 121 Å². The average molecular weight is 318 g/mol. The van der Waals surface area contributed by atoms with Gasteiger partial charge in [-0.2, -0.15) is 13.2 Å². The molecule has 110 valence electrons. The highest BCUT2D eigenvalue weighted by Gasteiger charge is 2.31. The minimum atomic E-state index is -4.57. The van der Waals surface area contributed by atoms with E-state index in [1.165, 1.54) is 12.1 Å². The van der Waals surface area contributed by atoms with Crippen LogP contribution in [0.5, 0.6) is 0 Å². The molecule has 9 heteroatoms. The number of pyridine rings is 1. The van der Waals surface area contributed by atoms with Crippen LogP contribution in [0.25, 0.3) is 11.3 Å². The molecule has 0 bridgehead atoms. The SMILES string of the molecule is Nc1ccc(-c2ncc(C(F)(F)F)cc2Cl)cc1[N+](=O)[O-]. The van der Waals surface area contributed by atoms with Gasteiger partial charge in [-0.1, -0.05) is 17.7 Å². The van der Waals surface area contributed by atoms with Crippen LogP contribution in [-0.4, -0.2) is 9.91 Å². The lowest BCUT2D eigenvalue weighted by molar-refractivity contribution is -0.383. The molecule has 5 nitrogen and oxygen atoms in total. The highest BCUT2D eigenvalue weighted by molar-refractivity contribution is 6.33. The van der Waals surface area contributed by atoms with Crippen LogP contribution in [0.2, 0.25) is 5.02 Å². The first-order valence-electron chi connectivity index (χ1n) is 5.47. The normalized spacial score (nSPS) is 11.4. The molecule has 0 unspecified atom stereocenters. The van der Waals surface area contributed by atoms with E-state index in [-0.39, 0.29) is 27.7 Å². The number of rotatable bonds is 2. The van der Waals surface area contributed by atoms with E-state index < -0.39 is 16.7 Å². The van der Waals surface area contributed by atoms with Crippen molar-refractivity contribution in [1.82, 2.24) is 4.98 Å². The summed E-state index contributed by atoms with van der Waals surface area (Å²) in [5.41, 5.74) is 4.22. The number of halogens is 4. The molecule has 21 heavy (non-hydrogen) atoms. The first-order chi connectivity index (χ1) is 9.70. The van der Waals surface area contributed by atoms with E-state index in [2.05, 4.69) is 4.98 Å². The summed E-state index contributed by atoms with van der Waals surface area (Å²) in [6.45, 7) is 0. The van der Waals surface area contributed by atoms with Crippen molar-refractivity contribution in [3.05, 3.63) is 51.2 Å². The molecule has 0 spiro atoms. The summed E-state index contributed by atoms with van der Waals surface area (Å²) < 4.78 is 37.6. The van der Waals surface area contributed by atoms with Gasteiger partial charge in [0.05, 0.1) is 21.2 Å². The van der Waals surface area contributed by atoms with Crippen molar-refractivity contribution in [2.45, 2.75) is 6.18 Å². The molecule has 0 aliphatic carbocycles. The van der Waals surface area contributed by atoms with E-state index in [9.17, 15) is 23.3 Å². The first kappa shape index (κ1) is 15.0. The predicted molar refractivity (Wildman–Crippen MR) is 70.8 cm³/mol. The number of nitrogens with two attached hydrogens (primary N) is 1. The molecule has 0 amide bonds. The number of hydrogen-bond acceptors (Lipinski definition) is 4. The van der Waals surface area contributed by atoms with Crippen LogP contribution in [0.1, 0.15) is 5.56 Å². The summed E-state index contributed by atoms with van der Waals surface area (Å²) in [5.74, 6) is 0. The van der Waals surface area contributed by atoms with Crippen molar-refractivity contribution in [1.29, 1.82) is 0 Å². The van der Waals surface area contributed by atoms with Gasteiger partial charge in [0.1, 0.15) is 5.69 Å². The molecule has 1 heterocycles. The molecule has 0 aliphatic heterocycles. The zero-order chi connectivity index (χ0) is 15.8. The number of hydrogen-bond donors (Lipinski definition) is 1. The quantitative estimate of drug-likeness (QED) is 0.517. The molecule has 1 aromatic heterocycles. The lowest BCUT2D eigenvalue weighted by atomic mass is 10.1. The molecule has 0 fully saturated rings. The maximum absolute atomic E-state index is 12.5. The highest BCUT2D eigenvalue weighted by Crippen LogP contribution is 2.35. The van der Waals surface area contributed by atoms with E-state index in [1.807, 2.05) is 0 Å². The van der Waals surface area contributed by atoms with Crippen LogP contribution in [0.4, 0.5) is 24.5 Å². The van der Waals surface area contributed by atoms with Crippen molar-refractivity contribution >= 4 is 23.0 Å². The Kier molecular flexibility index (Phi) is 3.73. The number of nitrogens with zero attached hydrogens (tertiary/aromatic N) is 2. The third-order valence-electron chi connectivity index (χ3n) is 2.67. The molecule has 1 aromatic carbocycles. The lowest BCUT2D eigenvalue weighted by Gasteiger charge is -2.09. The van der Waals surface area contributed by atoms with Gasteiger partial charge in [-0.25, -0.2) is 0 Å². The fourth-order valence-electron chi connectivity index (χ4n) is 1.65. The van der Waals surface area contributed by atoms with Gasteiger partial charge in [-0.3, -0.25) is 15.1 Å². The summed E-state index contributed by atoms with van der Waals surface area (Å²) in [6.07, 6.45) is -3.95. The fourth-order valence-corrected chi connectivity index (χ4v) is 1.93. The number of nitrogen functional groups attached to an aromatic ring is 1. The summed E-state index contributed by atoms with van der Waals surface area (Å²) in [4.78, 5) is 13.7. The topological polar surface area (TPSA) is 82.0 Å². The molecule has 0 radical (unpaired) electrons. The minimum absolute atomic E-state index is 0.00719. The number of alkyl halides is 3. The maximum atomic E-state index is 12.5. The van der Waals surface area contributed by atoms with Crippen molar-refractivity contribution in [3.63, 3.8) is 0 Å². The fraction of sp³-hybridized carbons (Fsp3) is 0.0833. The second-order valence-electron chi connectivity index (χ2n) is 4.08. The van der Waals surface area contributed by atoms with Crippen molar-refractivity contribution in [3.8, 4) is 11.3 Å². The minimum Gasteiger partial charge on any atom is -0.393 e. The molecular formula is C12H7ClF3N3O2. The first-order valence-corrected chi connectivity index (χ1v) is 5.85. The summed E-state index contributed by atoms with van der Waals surface area (Å²) in [7, 11) is 0. The Hall–Kier alpha value is -2.35. The Morgan fingerprint density at radius 2 is 1.95 bits per heavy atom. The Balaban J connectivity index is 2.53. The Bertz CT molecular complexity index is 719. The van der Waals surface area contributed by atoms with Gasteiger partial charge in [-0.05, 0) is 12.1 Å². The van der Waals surface area contributed by atoms with Crippen LogP contribution in [0.3, 0.4) is 0 Å². The van der Waals surface area contributed by atoms with Crippen LogP contribution < -0.4 is 5.73 Å². The van der Waals surface area contributed by atoms with E-state index in [0.717, 1.165) is 6.07 Å². The summed E-state index contributed by atoms with van der Waals surface area (Å²) >= 11 is 5.78. The van der Waals surface area contributed by atoms with Crippen LogP contribution in [0.15, 0.2) is 30.5 Å². The number of nitro groups is 1. The monoisotopic (exact) mass is 317 g/mol. The van der Waals surface area contributed by atoms with Gasteiger partial charge >= 0.3 is 6.18 Å². The second-order valence-corrected chi connectivity index (χ2v) is 4.49. The number of nitro benzene ring substituents is 1. The standard InChI is InChI=1S/C12H7ClF3N3O2/c13-8-4-7(12(14,15)16)5-18-11(8)6-1-2-9(17)10(3-6)19(20)21/h1-5H,17H2. The molecule has 0 saturated heterocycles. The average Bonchev–Trinajstić information content (AvgIpc) is 2.38. The van der Waals surface area contributed by atoms with Crippen LogP contribution >= 0.6 is 11.6 Å². The predicted octanol–water partition coefficient (Wildman–Crippen LogP) is 3.91. The molecule has 0 saturated carbocycles. The van der Waals surface area contributed by atoms with Crippen LogP contribution in [-0.2, 0) is 6.18 Å². The summed E-state index contributed by atoms with van der Waals surface area (Å²) in [6, 6.07) is 4.48. The number of anilines is 1. The molecule has 2 rings (SSSR count). The second kappa shape index (κ2) is 5.21. The molecule has 2 N–H and O–H groups in total. The van der Waals surface area contributed by atoms with Gasteiger partial charge in [0.25, 0.3) is 5.69 Å². The van der Waals surface area contributed by atoms with Crippen molar-refractivity contribution < 1.29 is 18.1 Å². The molecule has 0 atom stereocenters. The highest BCUT2D eigenvalue weighted by atomic mass is 35.5. The van der Waals surface area contributed by atoms with E-state index >= 15 is 0 Å². The number of aromatic nitrogens is 1. The third-order valence-corrected chi connectivity index (χ3v) is 2.96. The maximum Gasteiger partial charge on any atom is 0.417 e. The molecular weight excluding hydrogens is 311 g/mol. The van der Waals surface area contributed by atoms with Gasteiger partial charge < -0.3 is 5.73 Å². The van der Waals surface area contributed by atoms with E-state index in [1.54, 1.807) is 0 Å². The van der Waals surface area contributed by atoms with E-state index in [0.29, 0.717) is 12.3 Å². The zero-order valence-corrected chi connectivity index (χ0v) is 10.9. The Morgan fingerprint density at radius 3 is 2.48 bits per heavy atom. The van der Waals surface area contributed by atoms with Crippen molar-refractivity contribution in [2.24, 2.45) is 0 Å². The largest absolute Gasteiger partial charge is 0.417 e. The molecule has 2 aromatic rings. The lowest BCUT2D eigenvalue weighted by Crippen LogP contribution is -2.06. The third kappa shape index (κ3) is 3.05. The van der Waals surface area contributed by atoms with Gasteiger partial charge in [0, 0.05) is 17.8 Å². The smallest absolute Gasteiger partial charge is 0.393 e. The van der Waals surface area contributed by atoms with Gasteiger partial charge in [-0.15, -0.1) is 0 Å². The molecule has 0 aliphatic rings. The van der Waals surface area contributed by atoms with Gasteiger partial charge in [0.15, 0.2) is 0 Å². The summed E-state index contributed by atoms with van der Waals surface area (Å²) in [5, 5.41) is 10.5. The number of benzene rings is 1. The van der Waals surface area contributed by atoms with Crippen molar-refractivity contribution in [2.75, 3.05) is 5.73 Å². The van der Waals surface area contributed by atoms with Gasteiger partial charge in [0.2, 0.25) is 0 Å². The zero-order valence-electron chi connectivity index (χ0n) is 10.2. The Morgan fingerprint density at radius 1 is 1.29 bits per heavy atom. The van der Waals surface area contributed by atoms with Crippen LogP contribution in [0, 0.1) is 10.1 Å². The van der Waals surface area contributed by atoms with E-state index in [4.69, 9.17) is 17.3 Å².